The number of aliphatic imine (C=N–C) groups is 1. The molecule has 0 unspecified atom stereocenters. The number of amidine groups is 2. The van der Waals surface area contributed by atoms with Crippen molar-refractivity contribution in [1.29, 1.82) is 5.41 Å². The van der Waals surface area contributed by atoms with E-state index in [0.717, 1.165) is 28.7 Å². The van der Waals surface area contributed by atoms with Gasteiger partial charge >= 0.3 is 0 Å². The number of nitro groups is 1. The van der Waals surface area contributed by atoms with Crippen molar-refractivity contribution in [2.45, 2.75) is 27.2 Å². The van der Waals surface area contributed by atoms with Gasteiger partial charge in [-0.25, -0.2) is 0 Å². The minimum Gasteiger partial charge on any atom is -0.378 e. The first-order valence-electron chi connectivity index (χ1n) is 11.9. The van der Waals surface area contributed by atoms with Gasteiger partial charge in [0, 0.05) is 36.6 Å². The average molecular weight is 536 g/mol. The third-order valence-corrected chi connectivity index (χ3v) is 7.49. The van der Waals surface area contributed by atoms with Crippen LogP contribution in [0, 0.1) is 36.3 Å². The zero-order valence-electron chi connectivity index (χ0n) is 21.1. The number of hydrogen-bond acceptors (Lipinski definition) is 8. The Morgan fingerprint density at radius 2 is 1.97 bits per heavy atom. The first-order valence-corrected chi connectivity index (χ1v) is 12.7. The summed E-state index contributed by atoms with van der Waals surface area (Å²) in [4.78, 5) is 42.3. The van der Waals surface area contributed by atoms with Crippen molar-refractivity contribution in [2.24, 2.45) is 10.1 Å². The number of non-ortho nitro benzene ring substituents is 1. The summed E-state index contributed by atoms with van der Waals surface area (Å²) in [5.41, 5.74) is 3.82. The predicted octanol–water partition coefficient (Wildman–Crippen LogP) is 3.18. The van der Waals surface area contributed by atoms with E-state index in [0.29, 0.717) is 42.6 Å². The van der Waals surface area contributed by atoms with Crippen molar-refractivity contribution in [1.82, 2.24) is 14.5 Å². The number of nitrogens with zero attached hydrogens (tertiary/aromatic N) is 6. The lowest BCUT2D eigenvalue weighted by Crippen LogP contribution is -2.41. The van der Waals surface area contributed by atoms with Gasteiger partial charge in [-0.3, -0.25) is 25.1 Å². The predicted molar refractivity (Wildman–Crippen MR) is 144 cm³/mol. The molecule has 1 N–H and O–H groups in total. The number of hydrazone groups is 1. The molecule has 0 aliphatic carbocycles. The van der Waals surface area contributed by atoms with Crippen LogP contribution in [0.2, 0.25) is 0 Å². The lowest BCUT2D eigenvalue weighted by Gasteiger charge is -2.26. The van der Waals surface area contributed by atoms with Gasteiger partial charge in [0.1, 0.15) is 5.04 Å². The van der Waals surface area contributed by atoms with E-state index in [-0.39, 0.29) is 34.6 Å². The van der Waals surface area contributed by atoms with Crippen LogP contribution in [0.25, 0.3) is 11.8 Å². The third kappa shape index (κ3) is 4.65. The van der Waals surface area contributed by atoms with Crippen molar-refractivity contribution in [3.63, 3.8) is 0 Å². The summed E-state index contributed by atoms with van der Waals surface area (Å²) >= 11 is 1.11. The van der Waals surface area contributed by atoms with Crippen LogP contribution in [0.1, 0.15) is 28.9 Å². The number of carbonyl (C=O) groups excluding carboxylic acids is 2. The van der Waals surface area contributed by atoms with Gasteiger partial charge in [0.05, 0.1) is 35.8 Å². The normalized spacial score (nSPS) is 18.6. The molecule has 0 bridgehead atoms. The first kappa shape index (κ1) is 25.5. The molecule has 2 amide bonds. The number of fused-ring (bicyclic) bond motifs is 1. The van der Waals surface area contributed by atoms with E-state index in [4.69, 9.17) is 10.1 Å². The van der Waals surface area contributed by atoms with E-state index in [9.17, 15) is 19.7 Å². The van der Waals surface area contributed by atoms with Crippen molar-refractivity contribution in [3.05, 3.63) is 62.5 Å². The second-order valence-corrected chi connectivity index (χ2v) is 10.1. The lowest BCUT2D eigenvalue weighted by molar-refractivity contribution is -0.384. The first-order chi connectivity index (χ1) is 18.1. The van der Waals surface area contributed by atoms with Crippen LogP contribution in [-0.4, -0.2) is 73.6 Å². The van der Waals surface area contributed by atoms with E-state index in [1.807, 2.05) is 31.4 Å². The van der Waals surface area contributed by atoms with Crippen LogP contribution < -0.4 is 0 Å². The molecule has 196 valence electrons. The lowest BCUT2D eigenvalue weighted by atomic mass is 10.1. The maximum Gasteiger partial charge on any atom is 0.283 e. The molecule has 3 aliphatic heterocycles. The molecule has 12 nitrogen and oxygen atoms in total. The van der Waals surface area contributed by atoms with Gasteiger partial charge < -0.3 is 14.2 Å². The molecule has 0 radical (unpaired) electrons. The quantitative estimate of drug-likeness (QED) is 0.351. The van der Waals surface area contributed by atoms with Crippen LogP contribution in [-0.2, 0) is 14.3 Å². The van der Waals surface area contributed by atoms with E-state index in [2.05, 4.69) is 10.1 Å². The Morgan fingerprint density at radius 1 is 1.24 bits per heavy atom. The highest BCUT2D eigenvalue weighted by Gasteiger charge is 2.36. The number of ether oxygens (including phenoxy) is 1. The highest BCUT2D eigenvalue weighted by Crippen LogP contribution is 2.32. The minimum atomic E-state index is -0.568. The molecule has 3 aliphatic rings. The smallest absolute Gasteiger partial charge is 0.283 e. The van der Waals surface area contributed by atoms with E-state index < -0.39 is 10.8 Å². The topological polar surface area (TPSA) is 146 Å². The zero-order chi connectivity index (χ0) is 27.1. The summed E-state index contributed by atoms with van der Waals surface area (Å²) < 4.78 is 7.18. The van der Waals surface area contributed by atoms with Gasteiger partial charge in [-0.2, -0.15) is 15.1 Å². The number of benzene rings is 1. The summed E-state index contributed by atoms with van der Waals surface area (Å²) in [6.07, 6.45) is 1.65. The molecule has 1 aromatic carbocycles. The summed E-state index contributed by atoms with van der Waals surface area (Å²) in [5, 5.41) is 26.4. The molecular weight excluding hydrogens is 510 g/mol. The summed E-state index contributed by atoms with van der Waals surface area (Å²) in [7, 11) is 0. The Morgan fingerprint density at radius 3 is 2.68 bits per heavy atom. The largest absolute Gasteiger partial charge is 0.378 e. The number of aromatic nitrogens is 1. The Labute approximate surface area is 222 Å². The number of hydrogen-bond donors (Lipinski definition) is 1. The maximum absolute atomic E-state index is 12.9. The van der Waals surface area contributed by atoms with Crippen LogP contribution in [0.5, 0.6) is 0 Å². The van der Waals surface area contributed by atoms with Crippen molar-refractivity contribution >= 4 is 51.4 Å². The standard InChI is InChI=1S/C25H25N7O5S/c1-14-4-5-18(32(35)36)12-20(14)30-15(2)10-17(16(30)3)11-19-23(26)31-25(27-24(19)34)38-21(28-31)13-22(33)29-6-8-37-9-7-29/h4-5,10-12,26H,6-9,13H2,1-3H3/b19-11-,26-23?. The summed E-state index contributed by atoms with van der Waals surface area (Å²) in [6.45, 7) is 7.64. The van der Waals surface area contributed by atoms with Crippen LogP contribution >= 0.6 is 11.8 Å². The molecule has 0 saturated carbocycles. The Kier molecular flexibility index (Phi) is 6.71. The van der Waals surface area contributed by atoms with Crippen molar-refractivity contribution in [3.8, 4) is 5.69 Å². The number of nitro benzene ring substituents is 1. The van der Waals surface area contributed by atoms with Crippen LogP contribution in [0.4, 0.5) is 5.69 Å². The van der Waals surface area contributed by atoms with Crippen molar-refractivity contribution in [2.75, 3.05) is 26.3 Å². The summed E-state index contributed by atoms with van der Waals surface area (Å²) in [5.74, 6) is -0.781. The van der Waals surface area contributed by atoms with Gasteiger partial charge in [-0.1, -0.05) is 6.07 Å². The number of nitrogens with one attached hydrogen (secondary N) is 1. The number of rotatable bonds is 5. The molecule has 0 atom stereocenters. The zero-order valence-corrected chi connectivity index (χ0v) is 21.9. The maximum atomic E-state index is 12.9. The Bertz CT molecular complexity index is 1480. The fourth-order valence-corrected chi connectivity index (χ4v) is 5.45. The number of aryl methyl sites for hydroxylation is 2. The van der Waals surface area contributed by atoms with Crippen molar-refractivity contribution < 1.29 is 19.2 Å². The highest BCUT2D eigenvalue weighted by atomic mass is 32.2. The number of thioether (sulfide) groups is 1. The SMILES string of the molecule is Cc1ccc([N+](=O)[O-])cc1-n1c(C)cc(/C=C2/C(=N)N3N=C(CC(=O)N4CCOCC4)SC3=NC2=O)c1C. The molecular formula is C25H25N7O5S. The van der Waals surface area contributed by atoms with Gasteiger partial charge in [0.25, 0.3) is 11.6 Å². The number of morpholine rings is 1. The second-order valence-electron chi connectivity index (χ2n) is 9.07. The van der Waals surface area contributed by atoms with Gasteiger partial charge in [-0.05, 0) is 55.8 Å². The third-order valence-electron chi connectivity index (χ3n) is 6.58. The molecule has 2 aromatic rings. The molecule has 1 aromatic heterocycles. The molecule has 1 saturated heterocycles. The van der Waals surface area contributed by atoms with Gasteiger partial charge in [-0.15, -0.1) is 0 Å². The second kappa shape index (κ2) is 9.99. The molecule has 13 heteroatoms. The molecule has 0 spiro atoms. The molecule has 38 heavy (non-hydrogen) atoms. The fourth-order valence-electron chi connectivity index (χ4n) is 4.57. The van der Waals surface area contributed by atoms with Crippen LogP contribution in [0.3, 0.4) is 0 Å². The molecule has 5 rings (SSSR count). The van der Waals surface area contributed by atoms with Gasteiger partial charge in [0.2, 0.25) is 11.1 Å². The minimum absolute atomic E-state index is 0.0172. The van der Waals surface area contributed by atoms with Crippen LogP contribution in [0.15, 0.2) is 39.9 Å². The Balaban J connectivity index is 1.42. The van der Waals surface area contributed by atoms with E-state index in [1.165, 1.54) is 17.1 Å². The van der Waals surface area contributed by atoms with E-state index in [1.54, 1.807) is 17.0 Å². The Hall–Kier alpha value is -4.10. The average Bonchev–Trinajstić information content (AvgIpc) is 3.41. The number of carbonyl (C=O) groups is 2. The van der Waals surface area contributed by atoms with Gasteiger partial charge in [0.15, 0.2) is 5.84 Å². The van der Waals surface area contributed by atoms with E-state index >= 15 is 0 Å². The molecule has 4 heterocycles. The number of amides is 2. The monoisotopic (exact) mass is 535 g/mol. The molecule has 1 fully saturated rings. The fraction of sp³-hybridized carbons (Fsp3) is 0.320. The highest BCUT2D eigenvalue weighted by molar-refractivity contribution is 8.27. The summed E-state index contributed by atoms with van der Waals surface area (Å²) in [6, 6.07) is 6.54.